The summed E-state index contributed by atoms with van der Waals surface area (Å²) in [7, 11) is -31.2. The molecule has 0 bridgehead atoms. The maximum absolute atomic E-state index is 13.8. The van der Waals surface area contributed by atoms with E-state index < -0.39 is 153 Å². The Hall–Kier alpha value is -3.19. The first-order chi connectivity index (χ1) is 41.8. The normalized spacial score (nSPS) is 11.5. The van der Waals surface area contributed by atoms with Crippen molar-refractivity contribution in [2.24, 2.45) is 0 Å². The molecule has 0 saturated heterocycles. The summed E-state index contributed by atoms with van der Waals surface area (Å²) in [5.41, 5.74) is -1.46. The van der Waals surface area contributed by atoms with Crippen molar-refractivity contribution < 1.29 is 289 Å². The van der Waals surface area contributed by atoms with Crippen molar-refractivity contribution in [2.75, 3.05) is 46.1 Å². The van der Waals surface area contributed by atoms with Crippen LogP contribution < -0.4 is 209 Å². The number of carbonyl (C=O) groups excluding carboxylic acids is 5. The molecular weight excluding hydrogens is 1450 g/mol. The summed E-state index contributed by atoms with van der Waals surface area (Å²) in [5.74, 6) is -3.87. The van der Waals surface area contributed by atoms with Gasteiger partial charge in [0.1, 0.15) is 60.7 Å². The smallest absolute Gasteiger partial charge is 0.744 e. The van der Waals surface area contributed by atoms with Gasteiger partial charge in [0.2, 0.25) is 0 Å². The predicted molar refractivity (Wildman–Crippen MR) is 307 cm³/mol. The number of hydrogen-bond acceptors (Lipinski definition) is 25. The van der Waals surface area contributed by atoms with Crippen LogP contribution in [-0.2, 0) is 83.4 Å². The summed E-state index contributed by atoms with van der Waals surface area (Å²) in [6.45, 7) is -0.319. The zero-order valence-electron chi connectivity index (χ0n) is 51.3. The third-order valence-corrected chi connectivity index (χ3v) is 17.9. The van der Waals surface area contributed by atoms with Crippen molar-refractivity contribution >= 4 is 146 Å². The number of fused-ring (bicyclic) bond motifs is 2. The van der Waals surface area contributed by atoms with E-state index in [1.165, 1.54) is 87.0 Å². The Morgan fingerprint density at radius 3 is 0.927 bits per heavy atom. The summed E-state index contributed by atoms with van der Waals surface area (Å²) < 4.78 is 229. The molecule has 472 valence electrons. The number of anilines is 6. The Morgan fingerprint density at radius 2 is 0.635 bits per heavy atom. The molecule has 0 fully saturated rings. The number of methoxy groups -OCH3 is 2. The molecule has 8 aromatic rings. The van der Waals surface area contributed by atoms with Crippen LogP contribution in [0.15, 0.2) is 163 Å². The minimum absolute atomic E-state index is 0. The largest absolute Gasteiger partial charge is 1.00 e. The molecule has 0 radical (unpaired) electrons. The Labute approximate surface area is 680 Å². The number of carbonyl (C=O) groups is 5. The van der Waals surface area contributed by atoms with Crippen LogP contribution in [0.4, 0.5) is 38.9 Å². The predicted octanol–water partition coefficient (Wildman–Crippen LogP) is -13.6. The van der Waals surface area contributed by atoms with E-state index in [0.717, 1.165) is 24.3 Å². The van der Waals surface area contributed by atoms with Gasteiger partial charge >= 0.3 is 183 Å². The second-order valence-corrected chi connectivity index (χ2v) is 27.0. The molecule has 31 nitrogen and oxygen atoms in total. The van der Waals surface area contributed by atoms with E-state index in [4.69, 9.17) is 9.47 Å². The minimum atomic E-state index is -5.77. The second kappa shape index (κ2) is 35.6. The van der Waals surface area contributed by atoms with Crippen molar-refractivity contribution in [1.29, 1.82) is 0 Å². The second-order valence-electron chi connectivity index (χ2n) is 18.8. The van der Waals surface area contributed by atoms with E-state index >= 15 is 0 Å². The number of rotatable bonds is 20. The van der Waals surface area contributed by atoms with Crippen LogP contribution in [0.1, 0.15) is 52.6 Å². The summed E-state index contributed by atoms with van der Waals surface area (Å²) in [5, 5.41) is 10.9. The van der Waals surface area contributed by atoms with Crippen LogP contribution in [-0.4, -0.2) is 122 Å². The molecule has 0 saturated carbocycles. The fourth-order valence-corrected chi connectivity index (χ4v) is 12.9. The summed E-state index contributed by atoms with van der Waals surface area (Å²) in [6.07, 6.45) is 0. The number of nitrogens with one attached hydrogen (secondary N) is 6. The maximum atomic E-state index is 13.8. The fourth-order valence-electron chi connectivity index (χ4n) is 8.89. The van der Waals surface area contributed by atoms with Gasteiger partial charge in [-0.3, -0.25) is 19.2 Å². The van der Waals surface area contributed by atoms with Crippen molar-refractivity contribution in [3.05, 3.63) is 167 Å². The van der Waals surface area contributed by atoms with Gasteiger partial charge in [0.15, 0.2) is 0 Å². The van der Waals surface area contributed by atoms with Crippen molar-refractivity contribution in [2.45, 2.75) is 42.6 Å². The number of ether oxygens (including phenoxy) is 2. The van der Waals surface area contributed by atoms with E-state index in [0.29, 0.717) is 24.3 Å². The monoisotopic (exact) mass is 1490 g/mol. The molecule has 0 heterocycles. The van der Waals surface area contributed by atoms with Gasteiger partial charge in [-0.25, -0.2) is 55.3 Å². The summed E-state index contributed by atoms with van der Waals surface area (Å²) >= 11 is 0. The molecule has 6 amide bonds. The standard InChI is InChI=1S/C53H44N6O25S6.6Na/c1-83-25-31-11-9-29(51(62)56-39-13-15-43(87(71,72)73)37-21-35(85(65,66)67)23-45(47(37)39)89(77,78)79)19-41(31)58-49(60)27-5-3-7-33(17-27)54-53(64)55-34-8-4-6-28(18-34)50(61)59-42-20-30(10-12-32(42)26-84-2)52(63)57-40-14-16-44(88(74,75)76)38-22-36(86(68,69)70)24-46(48(38)40)90(80,81)82;;;;;;/h3-24H,25-26H2,1-2H3,(H,56,62)(H,57,63)(H,58,60)(H,59,61)(H2,54,55,64)(H,65,66,67)(H,68,69,70)(H,71,72,73)(H,74,75,76)(H,77,78,79)(H,80,81,82);;;;;;/q;6*+1/p-6. The molecule has 0 aliphatic rings. The molecular formula is C53H38N6Na6O25S6. The van der Waals surface area contributed by atoms with Gasteiger partial charge in [0, 0.05) is 91.9 Å². The van der Waals surface area contributed by atoms with Crippen molar-refractivity contribution in [1.82, 2.24) is 0 Å². The first-order valence-corrected chi connectivity index (χ1v) is 33.0. The minimum Gasteiger partial charge on any atom is -0.744 e. The zero-order valence-corrected chi connectivity index (χ0v) is 68.2. The molecule has 0 atom stereocenters. The molecule has 0 unspecified atom stereocenters. The number of hydrogen-bond donors (Lipinski definition) is 6. The van der Waals surface area contributed by atoms with Crippen molar-refractivity contribution in [3.8, 4) is 0 Å². The maximum Gasteiger partial charge on any atom is 1.00 e. The summed E-state index contributed by atoms with van der Waals surface area (Å²) in [4.78, 5) is 60.3. The Morgan fingerprint density at radius 1 is 0.333 bits per heavy atom. The zero-order chi connectivity index (χ0) is 66.2. The van der Waals surface area contributed by atoms with Crippen LogP contribution in [0.2, 0.25) is 0 Å². The van der Waals surface area contributed by atoms with Gasteiger partial charge in [-0.1, -0.05) is 24.3 Å². The molecule has 96 heavy (non-hydrogen) atoms. The molecule has 8 aromatic carbocycles. The molecule has 8 rings (SSSR count). The van der Waals surface area contributed by atoms with E-state index in [2.05, 4.69) is 31.9 Å². The Balaban J connectivity index is 0.00000523. The average molecular weight is 1490 g/mol. The quantitative estimate of drug-likeness (QED) is 0.0305. The molecule has 43 heteroatoms. The molecule has 0 aliphatic heterocycles. The van der Waals surface area contributed by atoms with Gasteiger partial charge < -0.3 is 68.7 Å². The first-order valence-electron chi connectivity index (χ1n) is 24.6. The van der Waals surface area contributed by atoms with Crippen LogP contribution in [0, 0.1) is 0 Å². The van der Waals surface area contributed by atoms with Crippen LogP contribution in [0.25, 0.3) is 21.5 Å². The number of benzene rings is 8. The van der Waals surface area contributed by atoms with Gasteiger partial charge in [0.25, 0.3) is 23.6 Å². The molecule has 6 N–H and O–H groups in total. The Bertz CT molecular complexity index is 4820. The van der Waals surface area contributed by atoms with Gasteiger partial charge in [-0.05, 0) is 109 Å². The Kier molecular flexibility index (Phi) is 33.0. The van der Waals surface area contributed by atoms with E-state index in [1.54, 1.807) is 0 Å². The van der Waals surface area contributed by atoms with E-state index in [-0.39, 0.29) is 259 Å². The van der Waals surface area contributed by atoms with Crippen LogP contribution in [0.3, 0.4) is 0 Å². The topological polar surface area (TPSA) is 519 Å². The third-order valence-electron chi connectivity index (χ3n) is 12.8. The van der Waals surface area contributed by atoms with E-state index in [9.17, 15) is 102 Å². The van der Waals surface area contributed by atoms with Crippen LogP contribution >= 0.6 is 0 Å². The van der Waals surface area contributed by atoms with Gasteiger partial charge in [0.05, 0.1) is 54.0 Å². The molecule has 0 aliphatic carbocycles. The first kappa shape index (κ1) is 88.9. The van der Waals surface area contributed by atoms with Gasteiger partial charge in [-0.2, -0.15) is 0 Å². The average Bonchev–Trinajstić information content (AvgIpc) is 0.747. The number of amides is 6. The number of urea groups is 1. The van der Waals surface area contributed by atoms with Crippen LogP contribution in [0.5, 0.6) is 0 Å². The molecule has 0 spiro atoms. The van der Waals surface area contributed by atoms with Crippen molar-refractivity contribution in [3.63, 3.8) is 0 Å². The third kappa shape index (κ3) is 21.9. The summed E-state index contributed by atoms with van der Waals surface area (Å²) in [6, 6.07) is 20.8. The van der Waals surface area contributed by atoms with Gasteiger partial charge in [-0.15, -0.1) is 0 Å². The SMILES string of the molecule is COCc1ccc(C(=O)Nc2ccc(S(=O)(=O)[O-])c3cc(S(=O)(=O)[O-])cc(S(=O)(=O)[O-])c23)cc1NC(=O)c1cccc(NC(=O)Nc2cccc(C(=O)Nc3cc(C(=O)Nc4ccc(S(=O)(=O)[O-])c5cc(S(=O)(=O)[O-])cc(S(=O)(=O)[O-])c45)ccc3COC)c2)c1.[Na+].[Na+].[Na+].[Na+].[Na+].[Na+]. The van der Waals surface area contributed by atoms with E-state index in [1.807, 2.05) is 0 Å². The fraction of sp³-hybridized carbons (Fsp3) is 0.0755. The molecule has 0 aromatic heterocycles.